The zero-order chi connectivity index (χ0) is 22.1. The van der Waals surface area contributed by atoms with Crippen LogP contribution in [0.15, 0.2) is 23.8 Å². The number of aliphatic hydroxyl groups excluding tert-OH is 2. The Morgan fingerprint density at radius 2 is 2.00 bits per heavy atom. The SMILES string of the molecule is CC(=O)O[C@]1(C(=O)C(O)Cl)CC[C@H]2[C@@H]3CCC4=CC(=O)C=C[C@]4(C)[C@H]3C(O)C[C@@]21C. The summed E-state index contributed by atoms with van der Waals surface area (Å²) in [4.78, 5) is 36.9. The first-order valence-electron chi connectivity index (χ1n) is 10.6. The van der Waals surface area contributed by atoms with Crippen LogP contribution in [-0.4, -0.2) is 45.0 Å². The third kappa shape index (κ3) is 2.80. The van der Waals surface area contributed by atoms with Crippen LogP contribution in [0.4, 0.5) is 0 Å². The number of Topliss-reactive ketones (excluding diaryl/α,β-unsaturated/α-hetero) is 1. The molecule has 8 atom stereocenters. The van der Waals surface area contributed by atoms with Crippen molar-refractivity contribution in [2.24, 2.45) is 28.6 Å². The van der Waals surface area contributed by atoms with Crippen LogP contribution in [0, 0.1) is 28.6 Å². The number of hydrogen-bond acceptors (Lipinski definition) is 6. The summed E-state index contributed by atoms with van der Waals surface area (Å²) in [5.74, 6) is -1.31. The van der Waals surface area contributed by atoms with Crippen molar-refractivity contribution in [2.75, 3.05) is 0 Å². The predicted molar refractivity (Wildman–Crippen MR) is 109 cm³/mol. The highest BCUT2D eigenvalue weighted by Crippen LogP contribution is 2.68. The van der Waals surface area contributed by atoms with Crippen molar-refractivity contribution in [2.45, 2.75) is 70.1 Å². The largest absolute Gasteiger partial charge is 0.450 e. The lowest BCUT2D eigenvalue weighted by Gasteiger charge is -2.59. The third-order valence-electron chi connectivity index (χ3n) is 8.55. The quantitative estimate of drug-likeness (QED) is 0.521. The van der Waals surface area contributed by atoms with Crippen molar-refractivity contribution >= 4 is 29.1 Å². The molecular formula is C23H29ClO6. The average Bonchev–Trinajstić information content (AvgIpc) is 2.93. The van der Waals surface area contributed by atoms with Crippen molar-refractivity contribution in [3.63, 3.8) is 0 Å². The maximum Gasteiger partial charge on any atom is 0.303 e. The van der Waals surface area contributed by atoms with E-state index in [4.69, 9.17) is 16.3 Å². The van der Waals surface area contributed by atoms with Crippen molar-refractivity contribution < 1.29 is 29.3 Å². The minimum absolute atomic E-state index is 0.0208. The number of halogens is 1. The number of aliphatic hydroxyl groups is 2. The summed E-state index contributed by atoms with van der Waals surface area (Å²) < 4.78 is 5.65. The molecule has 2 unspecified atom stereocenters. The van der Waals surface area contributed by atoms with E-state index in [1.165, 1.54) is 6.92 Å². The van der Waals surface area contributed by atoms with Gasteiger partial charge in [-0.05, 0) is 56.1 Å². The van der Waals surface area contributed by atoms with Crippen LogP contribution in [0.3, 0.4) is 0 Å². The molecule has 0 aromatic heterocycles. The average molecular weight is 437 g/mol. The lowest BCUT2D eigenvalue weighted by atomic mass is 9.46. The number of carbonyl (C=O) groups excluding carboxylic acids is 3. The highest BCUT2D eigenvalue weighted by atomic mass is 35.5. The minimum atomic E-state index is -1.78. The molecule has 0 aromatic carbocycles. The summed E-state index contributed by atoms with van der Waals surface area (Å²) in [6.07, 6.45) is 7.17. The molecule has 164 valence electrons. The van der Waals surface area contributed by atoms with Crippen LogP contribution in [0.5, 0.6) is 0 Å². The molecule has 0 radical (unpaired) electrons. The first-order chi connectivity index (χ1) is 14.0. The van der Waals surface area contributed by atoms with Crippen LogP contribution >= 0.6 is 11.6 Å². The summed E-state index contributed by atoms with van der Waals surface area (Å²) in [5.41, 5.74) is -3.53. The monoisotopic (exact) mass is 436 g/mol. The van der Waals surface area contributed by atoms with Gasteiger partial charge in [-0.25, -0.2) is 0 Å². The minimum Gasteiger partial charge on any atom is -0.450 e. The molecule has 3 fully saturated rings. The van der Waals surface area contributed by atoms with E-state index < -0.39 is 39.9 Å². The van der Waals surface area contributed by atoms with Gasteiger partial charge in [0.05, 0.1) is 6.10 Å². The molecule has 0 saturated heterocycles. The van der Waals surface area contributed by atoms with E-state index in [1.54, 1.807) is 12.2 Å². The molecule has 4 aliphatic carbocycles. The van der Waals surface area contributed by atoms with E-state index in [-0.39, 0.29) is 36.4 Å². The lowest BCUT2D eigenvalue weighted by Crippen LogP contribution is -2.63. The molecule has 3 saturated carbocycles. The number of allylic oxidation sites excluding steroid dienone is 4. The van der Waals surface area contributed by atoms with Gasteiger partial charge in [0.1, 0.15) is 0 Å². The summed E-state index contributed by atoms with van der Waals surface area (Å²) in [6.45, 7) is 5.21. The predicted octanol–water partition coefficient (Wildman–Crippen LogP) is 2.69. The number of alkyl halides is 1. The lowest BCUT2D eigenvalue weighted by molar-refractivity contribution is -0.199. The van der Waals surface area contributed by atoms with E-state index in [2.05, 4.69) is 6.92 Å². The number of fused-ring (bicyclic) bond motifs is 5. The van der Waals surface area contributed by atoms with Crippen LogP contribution in [0.25, 0.3) is 0 Å². The normalized spacial score (nSPS) is 45.7. The second-order valence-corrected chi connectivity index (χ2v) is 10.3. The van der Waals surface area contributed by atoms with Crippen molar-refractivity contribution in [1.29, 1.82) is 0 Å². The molecule has 0 spiro atoms. The maximum atomic E-state index is 13.1. The molecular weight excluding hydrogens is 408 g/mol. The first kappa shape index (κ1) is 21.7. The second-order valence-electron chi connectivity index (χ2n) is 9.87. The van der Waals surface area contributed by atoms with Gasteiger partial charge in [0.25, 0.3) is 0 Å². The fourth-order valence-electron chi connectivity index (χ4n) is 7.37. The highest BCUT2D eigenvalue weighted by molar-refractivity contribution is 6.31. The van der Waals surface area contributed by atoms with Gasteiger partial charge in [0, 0.05) is 23.7 Å². The molecule has 4 aliphatic rings. The van der Waals surface area contributed by atoms with Gasteiger partial charge in [0.15, 0.2) is 16.9 Å². The van der Waals surface area contributed by atoms with Crippen molar-refractivity contribution in [1.82, 2.24) is 0 Å². The number of ether oxygens (including phenoxy) is 1. The smallest absolute Gasteiger partial charge is 0.303 e. The summed E-state index contributed by atoms with van der Waals surface area (Å²) in [7, 11) is 0. The Hall–Kier alpha value is -1.50. The molecule has 6 nitrogen and oxygen atoms in total. The highest BCUT2D eigenvalue weighted by Gasteiger charge is 2.70. The van der Waals surface area contributed by atoms with E-state index in [1.807, 2.05) is 13.0 Å². The van der Waals surface area contributed by atoms with E-state index >= 15 is 0 Å². The number of ketones is 2. The number of rotatable bonds is 3. The van der Waals surface area contributed by atoms with Gasteiger partial charge in [-0.1, -0.05) is 37.1 Å². The molecule has 0 heterocycles. The fraction of sp³-hybridized carbons (Fsp3) is 0.696. The summed E-state index contributed by atoms with van der Waals surface area (Å²) >= 11 is 5.78. The third-order valence-corrected chi connectivity index (χ3v) is 8.75. The Labute approximate surface area is 181 Å². The van der Waals surface area contributed by atoms with Gasteiger partial charge in [-0.15, -0.1) is 0 Å². The Morgan fingerprint density at radius 3 is 2.63 bits per heavy atom. The number of carbonyl (C=O) groups is 3. The molecule has 4 rings (SSSR count). The standard InChI is InChI=1S/C23H29ClO6/c1-12(25)30-23(19(28)20(24)29)9-7-16-15-5-4-13-10-14(26)6-8-21(13,2)18(15)17(27)11-22(16,23)3/h6,8,10,15-18,20,27,29H,4-5,7,9,11H2,1-3H3/t15-,16-,17?,18+,20?,21-,22-,23-/m0/s1. The molecule has 0 amide bonds. The zero-order valence-corrected chi connectivity index (χ0v) is 18.3. The molecule has 7 heteroatoms. The first-order valence-corrected chi connectivity index (χ1v) is 11.1. The Balaban J connectivity index is 1.78. The van der Waals surface area contributed by atoms with Gasteiger partial charge >= 0.3 is 5.97 Å². The van der Waals surface area contributed by atoms with E-state index in [9.17, 15) is 24.6 Å². The molecule has 0 bridgehead atoms. The van der Waals surface area contributed by atoms with Crippen molar-refractivity contribution in [3.8, 4) is 0 Å². The van der Waals surface area contributed by atoms with Gasteiger partial charge in [-0.3, -0.25) is 14.4 Å². The van der Waals surface area contributed by atoms with E-state index in [0.717, 1.165) is 18.4 Å². The van der Waals surface area contributed by atoms with Gasteiger partial charge in [0.2, 0.25) is 5.78 Å². The molecule has 30 heavy (non-hydrogen) atoms. The van der Waals surface area contributed by atoms with Gasteiger partial charge in [-0.2, -0.15) is 0 Å². The number of hydrogen-bond donors (Lipinski definition) is 2. The Kier molecular flexibility index (Phi) is 5.07. The molecule has 2 N–H and O–H groups in total. The molecule has 0 aromatic rings. The Bertz CT molecular complexity index is 862. The maximum absolute atomic E-state index is 13.1. The topological polar surface area (TPSA) is 101 Å². The van der Waals surface area contributed by atoms with Crippen LogP contribution in [-0.2, 0) is 19.1 Å². The fourth-order valence-corrected chi connectivity index (χ4v) is 7.55. The molecule has 0 aliphatic heterocycles. The van der Waals surface area contributed by atoms with Crippen LogP contribution < -0.4 is 0 Å². The number of esters is 1. The van der Waals surface area contributed by atoms with Crippen LogP contribution in [0.1, 0.15) is 52.9 Å². The zero-order valence-electron chi connectivity index (χ0n) is 17.6. The Morgan fingerprint density at radius 1 is 1.30 bits per heavy atom. The van der Waals surface area contributed by atoms with Crippen LogP contribution in [0.2, 0.25) is 0 Å². The summed E-state index contributed by atoms with van der Waals surface area (Å²) in [5, 5.41) is 21.3. The second kappa shape index (κ2) is 7.01. The van der Waals surface area contributed by atoms with E-state index in [0.29, 0.717) is 6.42 Å². The summed E-state index contributed by atoms with van der Waals surface area (Å²) in [6, 6.07) is 0. The van der Waals surface area contributed by atoms with Crippen molar-refractivity contribution in [3.05, 3.63) is 23.8 Å². The van der Waals surface area contributed by atoms with Gasteiger partial charge < -0.3 is 14.9 Å².